The van der Waals surface area contributed by atoms with Crippen LogP contribution in [-0.2, 0) is 5.41 Å². The van der Waals surface area contributed by atoms with Crippen LogP contribution < -0.4 is 0 Å². The van der Waals surface area contributed by atoms with Crippen molar-refractivity contribution >= 4 is 32.6 Å². The molecule has 276 valence electrons. The molecule has 0 amide bonds. The predicted molar refractivity (Wildman–Crippen MR) is 240 cm³/mol. The molecule has 0 aliphatic heterocycles. The quantitative estimate of drug-likeness (QED) is 0.168. The summed E-state index contributed by atoms with van der Waals surface area (Å²) < 4.78 is 0. The highest BCUT2D eigenvalue weighted by Gasteiger charge is 2.61. The van der Waals surface area contributed by atoms with Gasteiger partial charge in [0.25, 0.3) is 0 Å². The Balaban J connectivity index is 0.896. The lowest BCUT2D eigenvalue weighted by molar-refractivity contribution is -0.0398. The Morgan fingerprint density at radius 1 is 0.379 bits per heavy atom. The molecule has 4 bridgehead atoms. The molecule has 58 heavy (non-hydrogen) atoms. The third kappa shape index (κ3) is 4.72. The van der Waals surface area contributed by atoms with Crippen molar-refractivity contribution in [3.05, 3.63) is 181 Å². The normalized spacial score (nSPS) is 22.6. The van der Waals surface area contributed by atoms with Crippen LogP contribution in [0.5, 0.6) is 0 Å². The summed E-state index contributed by atoms with van der Waals surface area (Å²) in [4.78, 5) is 10.7. The Morgan fingerprint density at radius 3 is 1.72 bits per heavy atom. The number of hydrogen-bond acceptors (Lipinski definition) is 2. The molecule has 1 spiro atoms. The van der Waals surface area contributed by atoms with E-state index in [9.17, 15) is 0 Å². The van der Waals surface area contributed by atoms with Gasteiger partial charge in [-0.1, -0.05) is 140 Å². The summed E-state index contributed by atoms with van der Waals surface area (Å²) in [5.41, 5.74) is 17.0. The molecular weight excluding hydrogens is 701 g/mol. The average molecular weight is 743 g/mol. The van der Waals surface area contributed by atoms with E-state index in [1.165, 1.54) is 81.6 Å². The van der Waals surface area contributed by atoms with Gasteiger partial charge in [0.1, 0.15) is 0 Å². The number of hydrogen-bond donors (Lipinski definition) is 0. The van der Waals surface area contributed by atoms with E-state index in [0.717, 1.165) is 62.6 Å². The van der Waals surface area contributed by atoms with E-state index in [4.69, 9.17) is 9.97 Å². The highest BCUT2D eigenvalue weighted by atomic mass is 14.8. The predicted octanol–water partition coefficient (Wildman–Crippen LogP) is 14.3. The Morgan fingerprint density at radius 2 is 0.966 bits per heavy atom. The van der Waals surface area contributed by atoms with Gasteiger partial charge >= 0.3 is 0 Å². The Labute approximate surface area is 339 Å². The maximum absolute atomic E-state index is 5.39. The summed E-state index contributed by atoms with van der Waals surface area (Å²) in [6, 6.07) is 62.9. The van der Waals surface area contributed by atoms with Gasteiger partial charge in [-0.2, -0.15) is 0 Å². The lowest BCUT2D eigenvalue weighted by atomic mass is 9.43. The van der Waals surface area contributed by atoms with Gasteiger partial charge in [0.05, 0.1) is 22.4 Å². The molecule has 0 saturated heterocycles. The van der Waals surface area contributed by atoms with Gasteiger partial charge in [-0.15, -0.1) is 0 Å². The summed E-state index contributed by atoms with van der Waals surface area (Å²) in [5.74, 6) is 3.39. The molecule has 8 aromatic carbocycles. The SMILES string of the molecule is c1ccc(-c2nc3ccc4ccccc4c3nc2-c2cccc(-c3ccc(-c4ccc5c(c4)-c4cc6ccccc6cc4C54C5CC6CC(C5)CC4C6)cc3)c2)cc1. The van der Waals surface area contributed by atoms with Crippen molar-refractivity contribution in [3.63, 3.8) is 0 Å². The van der Waals surface area contributed by atoms with Gasteiger partial charge in [0, 0.05) is 21.9 Å². The first-order valence-corrected chi connectivity index (χ1v) is 21.3. The summed E-state index contributed by atoms with van der Waals surface area (Å²) >= 11 is 0. The van der Waals surface area contributed by atoms with Gasteiger partial charge in [0.2, 0.25) is 0 Å². The van der Waals surface area contributed by atoms with Crippen molar-refractivity contribution in [1.29, 1.82) is 0 Å². The minimum atomic E-state index is 0.165. The monoisotopic (exact) mass is 742 g/mol. The molecule has 1 aromatic heterocycles. The fourth-order valence-electron chi connectivity index (χ4n) is 12.6. The molecule has 1 heterocycles. The number of nitrogens with zero attached hydrogens (tertiary/aromatic N) is 2. The Bertz CT molecular complexity index is 3090. The summed E-state index contributed by atoms with van der Waals surface area (Å²) in [6.07, 6.45) is 7.09. The standard InChI is InChI=1S/C56H42N2/c1-2-10-39(11-3-1)53-54(58-55-47-16-7-6-9-38(47)22-24-52(55)57-53)44-15-8-14-40(30-44)36-17-19-37(20-18-36)43-21-23-50-48(32-43)49-31-41-12-4-5-13-42(41)33-51(49)56(50)45-26-34-25-35(28-45)29-46(56)27-34/h1-24,30-35,45-46H,25-29H2. The van der Waals surface area contributed by atoms with E-state index in [0.29, 0.717) is 0 Å². The molecule has 0 N–H and O–H groups in total. The van der Waals surface area contributed by atoms with Crippen LogP contribution in [0.3, 0.4) is 0 Å². The molecular formula is C56H42N2. The molecule has 0 atom stereocenters. The molecule has 9 aromatic rings. The van der Waals surface area contributed by atoms with Crippen LogP contribution in [-0.4, -0.2) is 9.97 Å². The lowest BCUT2D eigenvalue weighted by Crippen LogP contribution is -2.55. The van der Waals surface area contributed by atoms with Crippen LogP contribution in [0.1, 0.15) is 43.2 Å². The fourth-order valence-corrected chi connectivity index (χ4v) is 12.6. The highest BCUT2D eigenvalue weighted by Crippen LogP contribution is 2.69. The molecule has 2 heteroatoms. The van der Waals surface area contributed by atoms with Crippen molar-refractivity contribution in [1.82, 2.24) is 9.97 Å². The van der Waals surface area contributed by atoms with Gasteiger partial charge in [0.15, 0.2) is 0 Å². The van der Waals surface area contributed by atoms with Crippen LogP contribution >= 0.6 is 0 Å². The van der Waals surface area contributed by atoms with E-state index in [1.807, 2.05) is 0 Å². The summed E-state index contributed by atoms with van der Waals surface area (Å²) in [6.45, 7) is 0. The molecule has 14 rings (SSSR count). The van der Waals surface area contributed by atoms with Crippen molar-refractivity contribution in [2.75, 3.05) is 0 Å². The maximum Gasteiger partial charge on any atom is 0.0973 e. The van der Waals surface area contributed by atoms with E-state index >= 15 is 0 Å². The number of benzene rings is 8. The third-order valence-electron chi connectivity index (χ3n) is 14.8. The van der Waals surface area contributed by atoms with E-state index in [1.54, 1.807) is 11.1 Å². The number of fused-ring (bicyclic) bond motifs is 7. The van der Waals surface area contributed by atoms with Crippen molar-refractivity contribution in [2.45, 2.75) is 37.5 Å². The van der Waals surface area contributed by atoms with Crippen LogP contribution in [0.25, 0.3) is 88.5 Å². The highest BCUT2D eigenvalue weighted by molar-refractivity contribution is 6.05. The number of aromatic nitrogens is 2. The van der Waals surface area contributed by atoms with Gasteiger partial charge in [-0.3, -0.25) is 0 Å². The Hall–Kier alpha value is -6.38. The zero-order valence-electron chi connectivity index (χ0n) is 32.4. The van der Waals surface area contributed by atoms with E-state index in [2.05, 4.69) is 170 Å². The molecule has 0 radical (unpaired) electrons. The second-order valence-electron chi connectivity index (χ2n) is 17.8. The molecule has 4 fully saturated rings. The summed E-state index contributed by atoms with van der Waals surface area (Å²) in [5, 5.41) is 5.03. The topological polar surface area (TPSA) is 25.8 Å². The molecule has 2 nitrogen and oxygen atoms in total. The van der Waals surface area contributed by atoms with E-state index in [-0.39, 0.29) is 5.41 Å². The minimum Gasteiger partial charge on any atom is -0.244 e. The van der Waals surface area contributed by atoms with Gasteiger partial charge < -0.3 is 0 Å². The lowest BCUT2D eigenvalue weighted by Gasteiger charge is -2.61. The second kappa shape index (κ2) is 12.3. The van der Waals surface area contributed by atoms with E-state index < -0.39 is 0 Å². The molecule has 5 aliphatic carbocycles. The zero-order chi connectivity index (χ0) is 38.0. The smallest absolute Gasteiger partial charge is 0.0973 e. The molecule has 0 unspecified atom stereocenters. The third-order valence-corrected chi connectivity index (χ3v) is 14.8. The van der Waals surface area contributed by atoms with Gasteiger partial charge in [-0.25, -0.2) is 9.97 Å². The first-order valence-electron chi connectivity index (χ1n) is 21.3. The first kappa shape index (κ1) is 32.7. The second-order valence-corrected chi connectivity index (χ2v) is 17.8. The zero-order valence-corrected chi connectivity index (χ0v) is 32.4. The minimum absolute atomic E-state index is 0.165. The van der Waals surface area contributed by atoms with Crippen LogP contribution in [0.2, 0.25) is 0 Å². The Kier molecular flexibility index (Phi) is 6.94. The molecule has 4 saturated carbocycles. The largest absolute Gasteiger partial charge is 0.244 e. The van der Waals surface area contributed by atoms with Crippen molar-refractivity contribution in [2.24, 2.45) is 23.7 Å². The van der Waals surface area contributed by atoms with Crippen LogP contribution in [0.4, 0.5) is 0 Å². The maximum atomic E-state index is 5.39. The first-order chi connectivity index (χ1) is 28.7. The van der Waals surface area contributed by atoms with Crippen LogP contribution in [0.15, 0.2) is 170 Å². The van der Waals surface area contributed by atoms with Crippen LogP contribution in [0, 0.1) is 23.7 Å². The summed E-state index contributed by atoms with van der Waals surface area (Å²) in [7, 11) is 0. The average Bonchev–Trinajstić information content (AvgIpc) is 3.56. The fraction of sp³-hybridized carbons (Fsp3) is 0.179. The van der Waals surface area contributed by atoms with Gasteiger partial charge in [-0.05, 0) is 147 Å². The molecule has 5 aliphatic rings. The van der Waals surface area contributed by atoms with Crippen molar-refractivity contribution in [3.8, 4) is 55.9 Å². The van der Waals surface area contributed by atoms with Crippen molar-refractivity contribution < 1.29 is 0 Å². The number of rotatable bonds is 4.